The van der Waals surface area contributed by atoms with E-state index in [1.165, 1.54) is 19.2 Å². The van der Waals surface area contributed by atoms with Gasteiger partial charge in [0.1, 0.15) is 5.75 Å². The molecule has 3 rings (SSSR count). The predicted molar refractivity (Wildman–Crippen MR) is 113 cm³/mol. The Bertz CT molecular complexity index is 1080. The summed E-state index contributed by atoms with van der Waals surface area (Å²) in [6.45, 7) is -0.539. The van der Waals surface area contributed by atoms with Gasteiger partial charge in [0, 0.05) is 16.1 Å². The number of ketones is 1. The second-order valence-electron chi connectivity index (χ2n) is 6.21. The van der Waals surface area contributed by atoms with Gasteiger partial charge in [0.2, 0.25) is 0 Å². The molecule has 0 heterocycles. The van der Waals surface area contributed by atoms with Crippen molar-refractivity contribution in [3.05, 3.63) is 94.5 Å². The number of benzene rings is 3. The number of hydrogen-bond donors (Lipinski definition) is 1. The number of methoxy groups -OCH3 is 1. The summed E-state index contributed by atoms with van der Waals surface area (Å²) in [5.41, 5.74) is 1.08. The van der Waals surface area contributed by atoms with Crippen LogP contribution >= 0.6 is 11.6 Å². The Labute approximate surface area is 178 Å². The number of anilines is 1. The number of nitrogens with one attached hydrogen (secondary N) is 1. The van der Waals surface area contributed by atoms with Gasteiger partial charge < -0.3 is 14.8 Å². The molecule has 3 aromatic carbocycles. The van der Waals surface area contributed by atoms with Gasteiger partial charge in [-0.3, -0.25) is 9.59 Å². The number of amides is 1. The van der Waals surface area contributed by atoms with Crippen LogP contribution in [0.4, 0.5) is 5.69 Å². The van der Waals surface area contributed by atoms with E-state index in [9.17, 15) is 14.4 Å². The van der Waals surface area contributed by atoms with E-state index < -0.39 is 18.5 Å². The third-order valence-corrected chi connectivity index (χ3v) is 4.43. The highest BCUT2D eigenvalue weighted by molar-refractivity contribution is 6.31. The first kappa shape index (κ1) is 21.1. The Morgan fingerprint density at radius 2 is 1.57 bits per heavy atom. The highest BCUT2D eigenvalue weighted by Crippen LogP contribution is 2.27. The van der Waals surface area contributed by atoms with Crippen LogP contribution in [0.5, 0.6) is 5.75 Å². The smallest absolute Gasteiger partial charge is 0.339 e. The fraction of sp³-hybridized carbons (Fsp3) is 0.0870. The molecule has 1 N–H and O–H groups in total. The summed E-state index contributed by atoms with van der Waals surface area (Å²) in [5, 5.41) is 2.99. The lowest BCUT2D eigenvalue weighted by Gasteiger charge is -2.12. The Morgan fingerprint density at radius 3 is 2.27 bits per heavy atom. The summed E-state index contributed by atoms with van der Waals surface area (Å²) in [7, 11) is 1.46. The lowest BCUT2D eigenvalue weighted by molar-refractivity contribution is -0.119. The number of halogens is 1. The molecule has 0 atom stereocenters. The molecule has 30 heavy (non-hydrogen) atoms. The molecule has 0 fully saturated rings. The van der Waals surface area contributed by atoms with Crippen LogP contribution in [0.25, 0.3) is 0 Å². The van der Waals surface area contributed by atoms with E-state index in [4.69, 9.17) is 21.1 Å². The summed E-state index contributed by atoms with van der Waals surface area (Å²) in [5.74, 6) is -1.24. The SMILES string of the molecule is COc1ccc(Cl)cc1NC(=O)COC(=O)c1ccccc1C(=O)c1ccccc1. The van der Waals surface area contributed by atoms with Crippen molar-refractivity contribution in [2.45, 2.75) is 0 Å². The highest BCUT2D eigenvalue weighted by Gasteiger charge is 2.20. The summed E-state index contributed by atoms with van der Waals surface area (Å²) >= 11 is 5.94. The van der Waals surface area contributed by atoms with Crippen LogP contribution < -0.4 is 10.1 Å². The van der Waals surface area contributed by atoms with E-state index in [0.29, 0.717) is 22.0 Å². The number of esters is 1. The third-order valence-electron chi connectivity index (χ3n) is 4.20. The van der Waals surface area contributed by atoms with Gasteiger partial charge in [0.15, 0.2) is 12.4 Å². The maximum Gasteiger partial charge on any atom is 0.339 e. The first-order chi connectivity index (χ1) is 14.5. The number of hydrogen-bond acceptors (Lipinski definition) is 5. The van der Waals surface area contributed by atoms with E-state index in [2.05, 4.69) is 5.32 Å². The summed E-state index contributed by atoms with van der Waals surface area (Å²) < 4.78 is 10.3. The van der Waals surface area contributed by atoms with Crippen molar-refractivity contribution in [2.24, 2.45) is 0 Å². The van der Waals surface area contributed by atoms with Crippen LogP contribution in [0.1, 0.15) is 26.3 Å². The lowest BCUT2D eigenvalue weighted by Crippen LogP contribution is -2.22. The van der Waals surface area contributed by atoms with Crippen molar-refractivity contribution in [1.29, 1.82) is 0 Å². The molecule has 3 aromatic rings. The van der Waals surface area contributed by atoms with E-state index >= 15 is 0 Å². The predicted octanol–water partition coefficient (Wildman–Crippen LogP) is 4.38. The second-order valence-corrected chi connectivity index (χ2v) is 6.65. The Kier molecular flexibility index (Phi) is 6.83. The van der Waals surface area contributed by atoms with Crippen molar-refractivity contribution in [3.63, 3.8) is 0 Å². The normalized spacial score (nSPS) is 10.2. The van der Waals surface area contributed by atoms with Crippen LogP contribution in [-0.4, -0.2) is 31.4 Å². The number of carbonyl (C=O) groups excluding carboxylic acids is 3. The molecular formula is C23H18ClNO5. The van der Waals surface area contributed by atoms with Gasteiger partial charge in [-0.05, 0) is 24.3 Å². The molecule has 0 aromatic heterocycles. The average Bonchev–Trinajstić information content (AvgIpc) is 2.77. The third kappa shape index (κ3) is 5.04. The summed E-state index contributed by atoms with van der Waals surface area (Å²) in [4.78, 5) is 37.5. The maximum absolute atomic E-state index is 12.7. The monoisotopic (exact) mass is 423 g/mol. The molecule has 152 valence electrons. The minimum Gasteiger partial charge on any atom is -0.495 e. The minimum absolute atomic E-state index is 0.0829. The fourth-order valence-corrected chi connectivity index (χ4v) is 2.95. The van der Waals surface area contributed by atoms with E-state index in [1.807, 2.05) is 0 Å². The second kappa shape index (κ2) is 9.71. The van der Waals surface area contributed by atoms with Gasteiger partial charge in [-0.25, -0.2) is 4.79 Å². The zero-order chi connectivity index (χ0) is 21.5. The van der Waals surface area contributed by atoms with Gasteiger partial charge in [-0.2, -0.15) is 0 Å². The molecule has 0 aliphatic rings. The largest absolute Gasteiger partial charge is 0.495 e. The van der Waals surface area contributed by atoms with E-state index in [-0.39, 0.29) is 16.9 Å². The zero-order valence-electron chi connectivity index (χ0n) is 16.1. The van der Waals surface area contributed by atoms with Crippen LogP contribution in [0, 0.1) is 0 Å². The van der Waals surface area contributed by atoms with Gasteiger partial charge in [-0.1, -0.05) is 60.1 Å². The van der Waals surface area contributed by atoms with Crippen LogP contribution in [0.15, 0.2) is 72.8 Å². The molecule has 0 aliphatic carbocycles. The molecule has 0 aliphatic heterocycles. The van der Waals surface area contributed by atoms with Crippen molar-refractivity contribution in [3.8, 4) is 5.75 Å². The Balaban J connectivity index is 1.69. The van der Waals surface area contributed by atoms with Gasteiger partial charge in [-0.15, -0.1) is 0 Å². The molecule has 0 radical (unpaired) electrons. The van der Waals surface area contributed by atoms with Crippen molar-refractivity contribution >= 4 is 34.9 Å². The first-order valence-corrected chi connectivity index (χ1v) is 9.36. The molecule has 1 amide bonds. The quantitative estimate of drug-likeness (QED) is 0.450. The molecule has 6 nitrogen and oxygen atoms in total. The summed E-state index contributed by atoms with van der Waals surface area (Å²) in [6, 6.07) is 19.7. The van der Waals surface area contributed by atoms with Crippen molar-refractivity contribution < 1.29 is 23.9 Å². The van der Waals surface area contributed by atoms with Gasteiger partial charge in [0.05, 0.1) is 18.4 Å². The first-order valence-electron chi connectivity index (χ1n) is 8.99. The molecule has 0 saturated heterocycles. The minimum atomic E-state index is -0.775. The van der Waals surface area contributed by atoms with E-state index in [0.717, 1.165) is 0 Å². The maximum atomic E-state index is 12.7. The molecular weight excluding hydrogens is 406 g/mol. The van der Waals surface area contributed by atoms with Crippen molar-refractivity contribution in [1.82, 2.24) is 0 Å². The summed E-state index contributed by atoms with van der Waals surface area (Å²) in [6.07, 6.45) is 0. The van der Waals surface area contributed by atoms with Gasteiger partial charge >= 0.3 is 5.97 Å². The van der Waals surface area contributed by atoms with Crippen molar-refractivity contribution in [2.75, 3.05) is 19.0 Å². The van der Waals surface area contributed by atoms with Crippen LogP contribution in [-0.2, 0) is 9.53 Å². The highest BCUT2D eigenvalue weighted by atomic mass is 35.5. The Hall–Kier alpha value is -3.64. The molecule has 0 spiro atoms. The average molecular weight is 424 g/mol. The zero-order valence-corrected chi connectivity index (χ0v) is 16.8. The lowest BCUT2D eigenvalue weighted by atomic mass is 9.98. The van der Waals surface area contributed by atoms with E-state index in [1.54, 1.807) is 60.7 Å². The molecule has 7 heteroatoms. The standard InChI is InChI=1S/C23H18ClNO5/c1-29-20-12-11-16(24)13-19(20)25-21(26)14-30-23(28)18-10-6-5-9-17(18)22(27)15-7-3-2-4-8-15/h2-13H,14H2,1H3,(H,25,26). The number of rotatable bonds is 7. The van der Waals surface area contributed by atoms with Gasteiger partial charge in [0.25, 0.3) is 5.91 Å². The van der Waals surface area contributed by atoms with Crippen LogP contribution in [0.2, 0.25) is 5.02 Å². The molecule has 0 unspecified atom stereocenters. The topological polar surface area (TPSA) is 81.7 Å². The number of ether oxygens (including phenoxy) is 2. The number of carbonyl (C=O) groups is 3. The Morgan fingerprint density at radius 1 is 0.900 bits per heavy atom. The molecule has 0 bridgehead atoms. The fourth-order valence-electron chi connectivity index (χ4n) is 2.78. The van der Waals surface area contributed by atoms with Crippen LogP contribution in [0.3, 0.4) is 0 Å². The molecule has 0 saturated carbocycles.